The summed E-state index contributed by atoms with van der Waals surface area (Å²) in [5.41, 5.74) is -0.225. The molecule has 1 amide bonds. The highest BCUT2D eigenvalue weighted by atomic mass is 16.5. The number of hydrogen-bond acceptors (Lipinski definition) is 3. The Bertz CT molecular complexity index is 206. The van der Waals surface area contributed by atoms with Crippen molar-refractivity contribution in [1.29, 1.82) is 0 Å². The maximum absolute atomic E-state index is 10.6. The standard InChI is InChI=1S/C10H17NO3/c1-10(2,3)14-9-4-8(6-12)11(5-9)7-13/h6-9H,4-5H2,1-3H3/t8-,9?/m0/s1. The summed E-state index contributed by atoms with van der Waals surface area (Å²) in [5, 5.41) is 0. The minimum Gasteiger partial charge on any atom is -0.371 e. The average molecular weight is 199 g/mol. The van der Waals surface area contributed by atoms with Gasteiger partial charge in [0, 0.05) is 13.0 Å². The molecule has 4 heteroatoms. The van der Waals surface area contributed by atoms with E-state index in [1.165, 1.54) is 4.90 Å². The van der Waals surface area contributed by atoms with Crippen molar-refractivity contribution in [2.24, 2.45) is 0 Å². The summed E-state index contributed by atoms with van der Waals surface area (Å²) >= 11 is 0. The number of aldehydes is 1. The number of likely N-dealkylation sites (tertiary alicyclic amines) is 1. The lowest BCUT2D eigenvalue weighted by Crippen LogP contribution is -2.31. The zero-order chi connectivity index (χ0) is 10.8. The second-order valence-corrected chi connectivity index (χ2v) is 4.59. The van der Waals surface area contributed by atoms with Crippen LogP contribution >= 0.6 is 0 Å². The molecule has 1 saturated heterocycles. The second kappa shape index (κ2) is 4.09. The van der Waals surface area contributed by atoms with Gasteiger partial charge in [0.15, 0.2) is 0 Å². The number of ether oxygens (including phenoxy) is 1. The summed E-state index contributed by atoms with van der Waals surface area (Å²) in [5.74, 6) is 0. The molecule has 0 radical (unpaired) electrons. The van der Waals surface area contributed by atoms with Crippen LogP contribution in [0.1, 0.15) is 27.2 Å². The van der Waals surface area contributed by atoms with E-state index in [-0.39, 0.29) is 17.7 Å². The first-order valence-corrected chi connectivity index (χ1v) is 4.80. The third kappa shape index (κ3) is 2.80. The molecule has 0 saturated carbocycles. The number of nitrogens with zero attached hydrogens (tertiary/aromatic N) is 1. The number of amides is 1. The summed E-state index contributed by atoms with van der Waals surface area (Å²) in [4.78, 5) is 22.7. The molecule has 0 aliphatic carbocycles. The molecule has 1 heterocycles. The summed E-state index contributed by atoms with van der Waals surface area (Å²) < 4.78 is 5.70. The van der Waals surface area contributed by atoms with Crippen LogP contribution in [-0.4, -0.2) is 41.9 Å². The number of carbonyl (C=O) groups is 2. The molecule has 0 bridgehead atoms. The maximum Gasteiger partial charge on any atom is 0.210 e. The molecule has 2 atom stereocenters. The van der Waals surface area contributed by atoms with Crippen LogP contribution in [0.5, 0.6) is 0 Å². The number of carbonyl (C=O) groups excluding carboxylic acids is 2. The van der Waals surface area contributed by atoms with E-state index in [0.717, 1.165) is 6.29 Å². The van der Waals surface area contributed by atoms with Crippen molar-refractivity contribution in [2.75, 3.05) is 6.54 Å². The van der Waals surface area contributed by atoms with E-state index in [1.807, 2.05) is 20.8 Å². The highest BCUT2D eigenvalue weighted by molar-refractivity contribution is 5.65. The minimum absolute atomic E-state index is 0.0181. The van der Waals surface area contributed by atoms with E-state index in [9.17, 15) is 9.59 Å². The molecule has 0 aromatic heterocycles. The largest absolute Gasteiger partial charge is 0.371 e. The highest BCUT2D eigenvalue weighted by Crippen LogP contribution is 2.22. The van der Waals surface area contributed by atoms with Crippen molar-refractivity contribution in [1.82, 2.24) is 4.90 Å². The fraction of sp³-hybridized carbons (Fsp3) is 0.800. The van der Waals surface area contributed by atoms with E-state index < -0.39 is 0 Å². The zero-order valence-electron chi connectivity index (χ0n) is 8.90. The molecule has 0 aromatic carbocycles. The van der Waals surface area contributed by atoms with Crippen molar-refractivity contribution in [3.05, 3.63) is 0 Å². The molecule has 4 nitrogen and oxygen atoms in total. The lowest BCUT2D eigenvalue weighted by atomic mass is 10.1. The average Bonchev–Trinajstić information content (AvgIpc) is 2.43. The first kappa shape index (κ1) is 11.2. The van der Waals surface area contributed by atoms with Gasteiger partial charge in [0.2, 0.25) is 6.41 Å². The SMILES string of the molecule is CC(C)(C)OC1C[C@@H](C=O)N(C=O)C1. The van der Waals surface area contributed by atoms with Crippen LogP contribution in [0, 0.1) is 0 Å². The monoisotopic (exact) mass is 199 g/mol. The molecule has 1 aliphatic heterocycles. The van der Waals surface area contributed by atoms with Crippen LogP contribution in [0.4, 0.5) is 0 Å². The van der Waals surface area contributed by atoms with Crippen molar-refractivity contribution >= 4 is 12.7 Å². The highest BCUT2D eigenvalue weighted by Gasteiger charge is 2.33. The van der Waals surface area contributed by atoms with E-state index in [4.69, 9.17) is 4.74 Å². The molecule has 80 valence electrons. The van der Waals surface area contributed by atoms with E-state index in [2.05, 4.69) is 0 Å². The van der Waals surface area contributed by atoms with Crippen LogP contribution in [0.15, 0.2) is 0 Å². The molecule has 1 rings (SSSR count). The van der Waals surface area contributed by atoms with Gasteiger partial charge in [-0.05, 0) is 20.8 Å². The van der Waals surface area contributed by atoms with E-state index >= 15 is 0 Å². The van der Waals surface area contributed by atoms with Crippen molar-refractivity contribution in [3.8, 4) is 0 Å². The Morgan fingerprint density at radius 2 is 2.00 bits per heavy atom. The molecule has 0 aromatic rings. The molecular formula is C10H17NO3. The van der Waals surface area contributed by atoms with Gasteiger partial charge in [-0.3, -0.25) is 4.79 Å². The fourth-order valence-corrected chi connectivity index (χ4v) is 1.69. The quantitative estimate of drug-likeness (QED) is 0.625. The lowest BCUT2D eigenvalue weighted by Gasteiger charge is -2.24. The molecular weight excluding hydrogens is 182 g/mol. The molecule has 1 fully saturated rings. The van der Waals surface area contributed by atoms with Gasteiger partial charge >= 0.3 is 0 Å². The van der Waals surface area contributed by atoms with Gasteiger partial charge in [-0.25, -0.2) is 0 Å². The Morgan fingerprint density at radius 1 is 1.36 bits per heavy atom. The molecule has 0 spiro atoms. The van der Waals surface area contributed by atoms with Crippen molar-refractivity contribution in [2.45, 2.75) is 44.9 Å². The van der Waals surface area contributed by atoms with Crippen LogP contribution in [-0.2, 0) is 14.3 Å². The van der Waals surface area contributed by atoms with Gasteiger partial charge in [0.1, 0.15) is 6.29 Å². The minimum atomic E-state index is -0.306. The van der Waals surface area contributed by atoms with Gasteiger partial charge in [-0.15, -0.1) is 0 Å². The molecule has 1 aliphatic rings. The Labute approximate surface area is 84.2 Å². The van der Waals surface area contributed by atoms with E-state index in [0.29, 0.717) is 19.4 Å². The van der Waals surface area contributed by atoms with Crippen LogP contribution in [0.25, 0.3) is 0 Å². The van der Waals surface area contributed by atoms with E-state index in [1.54, 1.807) is 0 Å². The molecule has 1 unspecified atom stereocenters. The normalized spacial score (nSPS) is 27.8. The first-order chi connectivity index (χ1) is 6.46. The molecule has 0 N–H and O–H groups in total. The van der Waals surface area contributed by atoms with Crippen molar-refractivity contribution < 1.29 is 14.3 Å². The smallest absolute Gasteiger partial charge is 0.210 e. The Balaban J connectivity index is 2.53. The summed E-state index contributed by atoms with van der Waals surface area (Å²) in [6.45, 7) is 6.41. The predicted molar refractivity (Wildman–Crippen MR) is 51.9 cm³/mol. The number of rotatable bonds is 3. The van der Waals surface area contributed by atoms with Crippen LogP contribution in [0.3, 0.4) is 0 Å². The summed E-state index contributed by atoms with van der Waals surface area (Å²) in [6.07, 6.45) is 2.11. The Kier molecular flexibility index (Phi) is 3.26. The lowest BCUT2D eigenvalue weighted by molar-refractivity contribution is -0.123. The fourth-order valence-electron chi connectivity index (χ4n) is 1.69. The Hall–Kier alpha value is -0.900. The summed E-state index contributed by atoms with van der Waals surface area (Å²) in [6, 6.07) is -0.306. The Morgan fingerprint density at radius 3 is 2.36 bits per heavy atom. The van der Waals surface area contributed by atoms with Gasteiger partial charge < -0.3 is 14.4 Å². The van der Waals surface area contributed by atoms with Crippen LogP contribution in [0.2, 0.25) is 0 Å². The third-order valence-electron chi connectivity index (χ3n) is 2.16. The number of hydrogen-bond donors (Lipinski definition) is 0. The van der Waals surface area contributed by atoms with Gasteiger partial charge in [-0.1, -0.05) is 0 Å². The van der Waals surface area contributed by atoms with Gasteiger partial charge in [0.25, 0.3) is 0 Å². The topological polar surface area (TPSA) is 46.6 Å². The van der Waals surface area contributed by atoms with Gasteiger partial charge in [-0.2, -0.15) is 0 Å². The molecule has 14 heavy (non-hydrogen) atoms. The zero-order valence-corrected chi connectivity index (χ0v) is 8.90. The summed E-state index contributed by atoms with van der Waals surface area (Å²) in [7, 11) is 0. The van der Waals surface area contributed by atoms with Crippen LogP contribution < -0.4 is 0 Å². The van der Waals surface area contributed by atoms with Crippen molar-refractivity contribution in [3.63, 3.8) is 0 Å². The first-order valence-electron chi connectivity index (χ1n) is 4.80. The third-order valence-corrected chi connectivity index (χ3v) is 2.16. The maximum atomic E-state index is 10.6. The second-order valence-electron chi connectivity index (χ2n) is 4.59. The van der Waals surface area contributed by atoms with Gasteiger partial charge in [0.05, 0.1) is 17.7 Å². The predicted octanol–water partition coefficient (Wildman–Crippen LogP) is 0.600.